The third kappa shape index (κ3) is 5.12. The Balaban J connectivity index is 1.36. The highest BCUT2D eigenvalue weighted by Gasteiger charge is 2.38. The van der Waals surface area contributed by atoms with Gasteiger partial charge in [0, 0.05) is 37.8 Å². The van der Waals surface area contributed by atoms with Crippen LogP contribution in [0, 0.1) is 5.92 Å². The number of hydrogen-bond donors (Lipinski definition) is 1. The molecule has 1 aromatic carbocycles. The van der Waals surface area contributed by atoms with Gasteiger partial charge in [0.1, 0.15) is 0 Å². The minimum Gasteiger partial charge on any atom is -0.339 e. The molecule has 2 heterocycles. The third-order valence-electron chi connectivity index (χ3n) is 6.87. The number of carbonyl (C=O) groups is 2. The lowest BCUT2D eigenvalue weighted by Crippen LogP contribution is -2.38. The maximum Gasteiger partial charge on any atom is 0.243 e. The standard InChI is InChI=1S/C23H33N3O4S/c27-22-16-18(17-26(22)20-8-4-3-5-9-20)23(28)24-19-10-12-21(13-11-19)31(29,30)25-14-6-1-2-7-15-25/h10-13,18,20H,1-9,14-17H2,(H,24,28)/t18-/m1/s1. The van der Waals surface area contributed by atoms with Gasteiger partial charge in [-0.1, -0.05) is 32.1 Å². The Labute approximate surface area is 185 Å². The lowest BCUT2D eigenvalue weighted by molar-refractivity contribution is -0.130. The number of anilines is 1. The van der Waals surface area contributed by atoms with Crippen molar-refractivity contribution < 1.29 is 18.0 Å². The van der Waals surface area contributed by atoms with Crippen molar-refractivity contribution in [3.8, 4) is 0 Å². The Morgan fingerprint density at radius 3 is 2.16 bits per heavy atom. The number of likely N-dealkylation sites (tertiary alicyclic amines) is 1. The fraction of sp³-hybridized carbons (Fsp3) is 0.652. The molecule has 3 fully saturated rings. The van der Waals surface area contributed by atoms with Gasteiger partial charge in [0.2, 0.25) is 21.8 Å². The van der Waals surface area contributed by atoms with E-state index in [9.17, 15) is 18.0 Å². The normalized spacial score (nSPS) is 24.2. The van der Waals surface area contributed by atoms with Gasteiger partial charge in [-0.25, -0.2) is 8.42 Å². The monoisotopic (exact) mass is 447 g/mol. The largest absolute Gasteiger partial charge is 0.339 e. The summed E-state index contributed by atoms with van der Waals surface area (Å²) >= 11 is 0. The van der Waals surface area contributed by atoms with Crippen LogP contribution >= 0.6 is 0 Å². The number of nitrogens with zero attached hydrogens (tertiary/aromatic N) is 2. The van der Waals surface area contributed by atoms with Gasteiger partial charge >= 0.3 is 0 Å². The van der Waals surface area contributed by atoms with Crippen LogP contribution in [0.5, 0.6) is 0 Å². The zero-order valence-electron chi connectivity index (χ0n) is 18.1. The van der Waals surface area contributed by atoms with Crippen LogP contribution in [0.25, 0.3) is 0 Å². The van der Waals surface area contributed by atoms with E-state index in [1.165, 1.54) is 6.42 Å². The predicted octanol–water partition coefficient (Wildman–Crippen LogP) is 3.37. The van der Waals surface area contributed by atoms with Crippen LogP contribution in [0.15, 0.2) is 29.2 Å². The second-order valence-corrected chi connectivity index (χ2v) is 11.0. The Morgan fingerprint density at radius 2 is 1.52 bits per heavy atom. The molecule has 170 valence electrons. The molecule has 1 atom stereocenters. The van der Waals surface area contributed by atoms with Gasteiger partial charge in [-0.2, -0.15) is 4.31 Å². The van der Waals surface area contributed by atoms with Gasteiger partial charge in [0.25, 0.3) is 0 Å². The van der Waals surface area contributed by atoms with Crippen molar-refractivity contribution in [2.24, 2.45) is 5.92 Å². The van der Waals surface area contributed by atoms with E-state index in [0.717, 1.165) is 51.4 Å². The maximum atomic E-state index is 12.9. The summed E-state index contributed by atoms with van der Waals surface area (Å²) in [6, 6.07) is 6.67. The SMILES string of the molecule is O=C(Nc1ccc(S(=O)(=O)N2CCCCCC2)cc1)[C@@H]1CC(=O)N(C2CCCCC2)C1. The number of amides is 2. The summed E-state index contributed by atoms with van der Waals surface area (Å²) in [5, 5.41) is 2.87. The van der Waals surface area contributed by atoms with E-state index in [-0.39, 0.29) is 35.1 Å². The van der Waals surface area contributed by atoms with Crippen LogP contribution in [0.1, 0.15) is 64.2 Å². The van der Waals surface area contributed by atoms with Crippen LogP contribution in [0.4, 0.5) is 5.69 Å². The van der Waals surface area contributed by atoms with E-state index in [0.29, 0.717) is 25.3 Å². The van der Waals surface area contributed by atoms with Crippen molar-refractivity contribution in [2.75, 3.05) is 25.0 Å². The highest BCUT2D eigenvalue weighted by atomic mass is 32.2. The van der Waals surface area contributed by atoms with Crippen molar-refractivity contribution in [3.63, 3.8) is 0 Å². The van der Waals surface area contributed by atoms with Crippen molar-refractivity contribution >= 4 is 27.5 Å². The number of sulfonamides is 1. The molecule has 2 aliphatic heterocycles. The zero-order valence-corrected chi connectivity index (χ0v) is 18.9. The molecule has 7 nitrogen and oxygen atoms in total. The first-order valence-corrected chi connectivity index (χ1v) is 13.1. The third-order valence-corrected chi connectivity index (χ3v) is 8.78. The van der Waals surface area contributed by atoms with Gasteiger partial charge in [0.05, 0.1) is 10.8 Å². The highest BCUT2D eigenvalue weighted by Crippen LogP contribution is 2.29. The molecule has 4 rings (SSSR count). The minimum atomic E-state index is -3.50. The average Bonchev–Trinajstić information content (AvgIpc) is 2.98. The first-order valence-electron chi connectivity index (χ1n) is 11.7. The van der Waals surface area contributed by atoms with Crippen molar-refractivity contribution in [3.05, 3.63) is 24.3 Å². The summed E-state index contributed by atoms with van der Waals surface area (Å²) in [6.07, 6.45) is 9.78. The molecule has 0 spiro atoms. The van der Waals surface area contributed by atoms with Crippen LogP contribution < -0.4 is 5.32 Å². The number of benzene rings is 1. The van der Waals surface area contributed by atoms with E-state index < -0.39 is 10.0 Å². The Morgan fingerprint density at radius 1 is 0.903 bits per heavy atom. The molecule has 0 radical (unpaired) electrons. The smallest absolute Gasteiger partial charge is 0.243 e. The van der Waals surface area contributed by atoms with E-state index in [4.69, 9.17) is 0 Å². The molecule has 8 heteroatoms. The van der Waals surface area contributed by atoms with Gasteiger partial charge in [0.15, 0.2) is 0 Å². The number of nitrogens with one attached hydrogen (secondary N) is 1. The first-order chi connectivity index (χ1) is 14.9. The maximum absolute atomic E-state index is 12.9. The lowest BCUT2D eigenvalue weighted by atomic mass is 9.94. The molecule has 3 aliphatic rings. The van der Waals surface area contributed by atoms with Gasteiger partial charge in [-0.3, -0.25) is 9.59 Å². The average molecular weight is 448 g/mol. The molecule has 0 unspecified atom stereocenters. The summed E-state index contributed by atoms with van der Waals surface area (Å²) in [6.45, 7) is 1.61. The molecule has 0 aromatic heterocycles. The molecule has 2 saturated heterocycles. The molecule has 1 N–H and O–H groups in total. The Hall–Kier alpha value is -1.93. The van der Waals surface area contributed by atoms with Crippen LogP contribution in [-0.2, 0) is 19.6 Å². The first kappa shape index (κ1) is 22.3. The number of carbonyl (C=O) groups excluding carboxylic acids is 2. The quantitative estimate of drug-likeness (QED) is 0.750. The van der Waals surface area contributed by atoms with Gasteiger partial charge in [-0.15, -0.1) is 0 Å². The molecule has 0 bridgehead atoms. The summed E-state index contributed by atoms with van der Waals surface area (Å²) in [5.41, 5.74) is 0.559. The van der Waals surface area contributed by atoms with Crippen LogP contribution in [0.2, 0.25) is 0 Å². The highest BCUT2D eigenvalue weighted by molar-refractivity contribution is 7.89. The fourth-order valence-electron chi connectivity index (χ4n) is 5.04. The second kappa shape index (κ2) is 9.69. The fourth-order valence-corrected chi connectivity index (χ4v) is 6.56. The summed E-state index contributed by atoms with van der Waals surface area (Å²) in [5.74, 6) is -0.448. The van der Waals surface area contributed by atoms with E-state index in [1.807, 2.05) is 4.90 Å². The zero-order chi connectivity index (χ0) is 21.8. The van der Waals surface area contributed by atoms with E-state index in [2.05, 4.69) is 5.32 Å². The van der Waals surface area contributed by atoms with Gasteiger partial charge in [-0.05, 0) is 49.9 Å². The molecular formula is C23H33N3O4S. The summed E-state index contributed by atoms with van der Waals surface area (Å²) < 4.78 is 27.4. The molecular weight excluding hydrogens is 414 g/mol. The van der Waals surface area contributed by atoms with Crippen molar-refractivity contribution in [1.29, 1.82) is 0 Å². The molecule has 1 aliphatic carbocycles. The number of hydrogen-bond acceptors (Lipinski definition) is 4. The molecule has 31 heavy (non-hydrogen) atoms. The van der Waals surface area contributed by atoms with Crippen LogP contribution in [-0.4, -0.2) is 55.1 Å². The van der Waals surface area contributed by atoms with Crippen LogP contribution in [0.3, 0.4) is 0 Å². The lowest BCUT2D eigenvalue weighted by Gasteiger charge is -2.31. The molecule has 1 aromatic rings. The summed E-state index contributed by atoms with van der Waals surface area (Å²) in [4.78, 5) is 27.3. The molecule has 2 amide bonds. The van der Waals surface area contributed by atoms with Crippen molar-refractivity contribution in [1.82, 2.24) is 9.21 Å². The predicted molar refractivity (Wildman–Crippen MR) is 119 cm³/mol. The second-order valence-electron chi connectivity index (χ2n) is 9.07. The molecule has 1 saturated carbocycles. The summed E-state index contributed by atoms with van der Waals surface area (Å²) in [7, 11) is -3.50. The topological polar surface area (TPSA) is 86.8 Å². The Kier molecular flexibility index (Phi) is 6.96. The van der Waals surface area contributed by atoms with Gasteiger partial charge < -0.3 is 10.2 Å². The number of rotatable bonds is 5. The Bertz CT molecular complexity index is 886. The minimum absolute atomic E-state index is 0.0749. The van der Waals surface area contributed by atoms with Crippen molar-refractivity contribution in [2.45, 2.75) is 75.1 Å². The van der Waals surface area contributed by atoms with E-state index >= 15 is 0 Å². The van der Waals surface area contributed by atoms with E-state index in [1.54, 1.807) is 28.6 Å².